The van der Waals surface area contributed by atoms with Crippen LogP contribution in [0.1, 0.15) is 39.5 Å². The van der Waals surface area contributed by atoms with E-state index in [9.17, 15) is 4.79 Å². The SMILES string of the molecule is CCC(C)N1CCCC(N2CCC(C(=O)O)C2)C1. The van der Waals surface area contributed by atoms with Crippen molar-refractivity contribution in [2.45, 2.75) is 51.6 Å². The Labute approximate surface area is 110 Å². The van der Waals surface area contributed by atoms with E-state index in [0.29, 0.717) is 12.1 Å². The molecule has 0 aromatic heterocycles. The zero-order valence-corrected chi connectivity index (χ0v) is 11.6. The van der Waals surface area contributed by atoms with Gasteiger partial charge in [-0.25, -0.2) is 0 Å². The molecule has 18 heavy (non-hydrogen) atoms. The van der Waals surface area contributed by atoms with Gasteiger partial charge in [0.25, 0.3) is 0 Å². The van der Waals surface area contributed by atoms with E-state index in [1.54, 1.807) is 0 Å². The normalized spacial score (nSPS) is 32.6. The van der Waals surface area contributed by atoms with Crippen molar-refractivity contribution >= 4 is 5.97 Å². The number of carboxylic acid groups (broad SMARTS) is 1. The minimum absolute atomic E-state index is 0.135. The summed E-state index contributed by atoms with van der Waals surface area (Å²) in [6.45, 7) is 8.60. The fourth-order valence-corrected chi connectivity index (χ4v) is 3.26. The molecule has 2 aliphatic rings. The first kappa shape index (κ1) is 13.8. The molecule has 0 aromatic carbocycles. The summed E-state index contributed by atoms with van der Waals surface area (Å²) in [5, 5.41) is 9.07. The van der Waals surface area contributed by atoms with Gasteiger partial charge in [0.2, 0.25) is 0 Å². The number of piperidine rings is 1. The summed E-state index contributed by atoms with van der Waals surface area (Å²) in [5.41, 5.74) is 0. The number of nitrogens with zero attached hydrogens (tertiary/aromatic N) is 2. The molecular formula is C14H26N2O2. The molecule has 2 rings (SSSR count). The van der Waals surface area contributed by atoms with Gasteiger partial charge in [0.1, 0.15) is 0 Å². The van der Waals surface area contributed by atoms with E-state index in [-0.39, 0.29) is 5.92 Å². The maximum absolute atomic E-state index is 11.0. The van der Waals surface area contributed by atoms with Crippen molar-refractivity contribution in [3.8, 4) is 0 Å². The highest BCUT2D eigenvalue weighted by Crippen LogP contribution is 2.25. The summed E-state index contributed by atoms with van der Waals surface area (Å²) in [5.74, 6) is -0.754. The molecule has 0 spiro atoms. The number of aliphatic carboxylic acids is 1. The molecule has 0 bridgehead atoms. The third-order valence-corrected chi connectivity index (χ3v) is 4.73. The maximum Gasteiger partial charge on any atom is 0.307 e. The van der Waals surface area contributed by atoms with Crippen molar-refractivity contribution in [1.82, 2.24) is 9.80 Å². The highest BCUT2D eigenvalue weighted by atomic mass is 16.4. The molecule has 2 saturated heterocycles. The molecule has 2 fully saturated rings. The van der Waals surface area contributed by atoms with E-state index in [1.807, 2.05) is 0 Å². The van der Waals surface area contributed by atoms with Gasteiger partial charge in [-0.2, -0.15) is 0 Å². The van der Waals surface area contributed by atoms with E-state index >= 15 is 0 Å². The molecule has 2 aliphatic heterocycles. The smallest absolute Gasteiger partial charge is 0.307 e. The van der Waals surface area contributed by atoms with Crippen LogP contribution in [0.3, 0.4) is 0 Å². The average Bonchev–Trinajstić information content (AvgIpc) is 2.88. The second-order valence-corrected chi connectivity index (χ2v) is 5.87. The Morgan fingerprint density at radius 1 is 1.33 bits per heavy atom. The van der Waals surface area contributed by atoms with E-state index in [4.69, 9.17) is 5.11 Å². The second kappa shape index (κ2) is 6.02. The van der Waals surface area contributed by atoms with Gasteiger partial charge in [0.15, 0.2) is 0 Å². The van der Waals surface area contributed by atoms with Crippen molar-refractivity contribution in [2.24, 2.45) is 5.92 Å². The Kier molecular flexibility index (Phi) is 4.62. The van der Waals surface area contributed by atoms with Crippen LogP contribution in [0.5, 0.6) is 0 Å². The molecule has 0 radical (unpaired) electrons. The van der Waals surface area contributed by atoms with E-state index in [0.717, 1.165) is 26.1 Å². The lowest BCUT2D eigenvalue weighted by atomic mass is 10.0. The number of carboxylic acids is 1. The van der Waals surface area contributed by atoms with Crippen LogP contribution in [0.4, 0.5) is 0 Å². The van der Waals surface area contributed by atoms with Gasteiger partial charge in [0, 0.05) is 25.2 Å². The van der Waals surface area contributed by atoms with Crippen molar-refractivity contribution in [2.75, 3.05) is 26.2 Å². The minimum Gasteiger partial charge on any atom is -0.481 e. The highest BCUT2D eigenvalue weighted by molar-refractivity contribution is 5.70. The summed E-state index contributed by atoms with van der Waals surface area (Å²) in [6.07, 6.45) is 4.52. The van der Waals surface area contributed by atoms with Gasteiger partial charge in [-0.1, -0.05) is 6.92 Å². The first-order valence-corrected chi connectivity index (χ1v) is 7.32. The third-order valence-electron chi connectivity index (χ3n) is 4.73. The molecule has 104 valence electrons. The lowest BCUT2D eigenvalue weighted by molar-refractivity contribution is -0.141. The highest BCUT2D eigenvalue weighted by Gasteiger charge is 2.34. The summed E-state index contributed by atoms with van der Waals surface area (Å²) in [4.78, 5) is 16.0. The standard InChI is InChI=1S/C14H26N2O2/c1-3-11(2)15-7-4-5-13(10-15)16-8-6-12(9-16)14(17)18/h11-13H,3-10H2,1-2H3,(H,17,18). The number of hydrogen-bond acceptors (Lipinski definition) is 3. The van der Waals surface area contributed by atoms with Gasteiger partial charge in [0.05, 0.1) is 5.92 Å². The van der Waals surface area contributed by atoms with Gasteiger partial charge in [-0.15, -0.1) is 0 Å². The Morgan fingerprint density at radius 2 is 2.11 bits per heavy atom. The van der Waals surface area contributed by atoms with Crippen LogP contribution in [0.25, 0.3) is 0 Å². The Morgan fingerprint density at radius 3 is 2.72 bits per heavy atom. The van der Waals surface area contributed by atoms with E-state index in [2.05, 4.69) is 23.6 Å². The molecule has 2 heterocycles. The third kappa shape index (κ3) is 3.04. The van der Waals surface area contributed by atoms with Crippen LogP contribution in [0, 0.1) is 5.92 Å². The molecule has 3 unspecified atom stereocenters. The molecule has 0 aromatic rings. The van der Waals surface area contributed by atoms with Gasteiger partial charge >= 0.3 is 5.97 Å². The molecule has 1 N–H and O–H groups in total. The van der Waals surface area contributed by atoms with Crippen LogP contribution in [0.15, 0.2) is 0 Å². The zero-order chi connectivity index (χ0) is 13.1. The monoisotopic (exact) mass is 254 g/mol. The Bertz CT molecular complexity index is 296. The van der Waals surface area contributed by atoms with E-state index < -0.39 is 5.97 Å². The number of likely N-dealkylation sites (tertiary alicyclic amines) is 2. The van der Waals surface area contributed by atoms with Crippen molar-refractivity contribution in [3.63, 3.8) is 0 Å². The maximum atomic E-state index is 11.0. The first-order chi connectivity index (χ1) is 8.61. The molecular weight excluding hydrogens is 228 g/mol. The second-order valence-electron chi connectivity index (χ2n) is 5.87. The summed E-state index contributed by atoms with van der Waals surface area (Å²) in [7, 11) is 0. The molecule has 0 saturated carbocycles. The van der Waals surface area contributed by atoms with Crippen LogP contribution in [-0.4, -0.2) is 59.1 Å². The lowest BCUT2D eigenvalue weighted by Gasteiger charge is -2.40. The van der Waals surface area contributed by atoms with Gasteiger partial charge in [-0.05, 0) is 45.7 Å². The van der Waals surface area contributed by atoms with Crippen molar-refractivity contribution in [1.29, 1.82) is 0 Å². The lowest BCUT2D eigenvalue weighted by Crippen LogP contribution is -2.49. The summed E-state index contributed by atoms with van der Waals surface area (Å²) in [6, 6.07) is 1.24. The molecule has 4 nitrogen and oxygen atoms in total. The van der Waals surface area contributed by atoms with Gasteiger partial charge < -0.3 is 5.11 Å². The summed E-state index contributed by atoms with van der Waals surface area (Å²) < 4.78 is 0. The largest absolute Gasteiger partial charge is 0.481 e. The van der Waals surface area contributed by atoms with Gasteiger partial charge in [-0.3, -0.25) is 14.6 Å². The molecule has 0 amide bonds. The first-order valence-electron chi connectivity index (χ1n) is 7.32. The zero-order valence-electron chi connectivity index (χ0n) is 11.6. The molecule has 3 atom stereocenters. The van der Waals surface area contributed by atoms with Crippen LogP contribution in [0.2, 0.25) is 0 Å². The minimum atomic E-state index is -0.618. The predicted molar refractivity (Wildman–Crippen MR) is 71.7 cm³/mol. The Hall–Kier alpha value is -0.610. The molecule has 4 heteroatoms. The molecule has 0 aliphatic carbocycles. The van der Waals surface area contributed by atoms with Crippen molar-refractivity contribution < 1.29 is 9.90 Å². The van der Waals surface area contributed by atoms with Crippen LogP contribution in [-0.2, 0) is 4.79 Å². The fraction of sp³-hybridized carbons (Fsp3) is 0.929. The number of rotatable bonds is 4. The van der Waals surface area contributed by atoms with Crippen LogP contribution < -0.4 is 0 Å². The summed E-state index contributed by atoms with van der Waals surface area (Å²) >= 11 is 0. The average molecular weight is 254 g/mol. The number of carbonyl (C=O) groups is 1. The quantitative estimate of drug-likeness (QED) is 0.828. The Balaban J connectivity index is 1.88. The van der Waals surface area contributed by atoms with Crippen LogP contribution >= 0.6 is 0 Å². The fourth-order valence-electron chi connectivity index (χ4n) is 3.26. The van der Waals surface area contributed by atoms with E-state index in [1.165, 1.54) is 25.8 Å². The number of hydrogen-bond donors (Lipinski definition) is 1. The predicted octanol–water partition coefficient (Wildman–Crippen LogP) is 1.66. The van der Waals surface area contributed by atoms with Crippen molar-refractivity contribution in [3.05, 3.63) is 0 Å². The topological polar surface area (TPSA) is 43.8 Å².